The lowest BCUT2D eigenvalue weighted by atomic mass is 10.0. The molecule has 1 heterocycles. The van der Waals surface area contributed by atoms with Crippen LogP contribution in [0.3, 0.4) is 0 Å². The molecule has 0 spiro atoms. The number of hydrogen-bond acceptors (Lipinski definition) is 4. The standard InChI is InChI=1S/C16H23N3O2S.ClH/c1-10(2)7-12(9-17)18-16(21)11-3-4-14-13(8-11)19-15(20)5-6-22-14;/h3-4,8,10,12H,5-7,9,17H2,1-2H3,(H,18,21)(H,19,20);1H. The highest BCUT2D eigenvalue weighted by molar-refractivity contribution is 7.99. The highest BCUT2D eigenvalue weighted by atomic mass is 35.5. The second-order valence-corrected chi connectivity index (χ2v) is 7.03. The van der Waals surface area contributed by atoms with Gasteiger partial charge in [0.15, 0.2) is 0 Å². The average Bonchev–Trinajstić information content (AvgIpc) is 2.65. The Morgan fingerprint density at radius 2 is 2.17 bits per heavy atom. The maximum atomic E-state index is 12.4. The predicted molar refractivity (Wildman–Crippen MR) is 97.4 cm³/mol. The summed E-state index contributed by atoms with van der Waals surface area (Å²) in [6.07, 6.45) is 1.34. The number of hydrogen-bond donors (Lipinski definition) is 3. The Bertz CT molecular complexity index is 566. The summed E-state index contributed by atoms with van der Waals surface area (Å²) in [5.74, 6) is 1.07. The van der Waals surface area contributed by atoms with E-state index >= 15 is 0 Å². The molecule has 23 heavy (non-hydrogen) atoms. The first-order valence-electron chi connectivity index (χ1n) is 7.57. The van der Waals surface area contributed by atoms with Crippen LogP contribution >= 0.6 is 24.2 Å². The number of thioether (sulfide) groups is 1. The van der Waals surface area contributed by atoms with Gasteiger partial charge in [-0.3, -0.25) is 9.59 Å². The van der Waals surface area contributed by atoms with E-state index in [4.69, 9.17) is 5.73 Å². The molecule has 1 aliphatic rings. The number of rotatable bonds is 5. The van der Waals surface area contributed by atoms with Crippen LogP contribution in [0.2, 0.25) is 0 Å². The van der Waals surface area contributed by atoms with E-state index in [1.165, 1.54) is 0 Å². The molecule has 1 atom stereocenters. The molecule has 1 aliphatic heterocycles. The highest BCUT2D eigenvalue weighted by Crippen LogP contribution is 2.31. The molecule has 1 unspecified atom stereocenters. The van der Waals surface area contributed by atoms with E-state index < -0.39 is 0 Å². The lowest BCUT2D eigenvalue weighted by molar-refractivity contribution is -0.115. The van der Waals surface area contributed by atoms with Crippen molar-refractivity contribution in [3.8, 4) is 0 Å². The Labute approximate surface area is 147 Å². The third kappa shape index (κ3) is 5.71. The number of halogens is 1. The Balaban J connectivity index is 0.00000264. The summed E-state index contributed by atoms with van der Waals surface area (Å²) < 4.78 is 0. The van der Waals surface area contributed by atoms with Gasteiger partial charge in [0.2, 0.25) is 5.91 Å². The lowest BCUT2D eigenvalue weighted by Crippen LogP contribution is -2.41. The summed E-state index contributed by atoms with van der Waals surface area (Å²) in [5.41, 5.74) is 6.98. The molecule has 5 nitrogen and oxygen atoms in total. The van der Waals surface area contributed by atoms with Crippen LogP contribution in [0.4, 0.5) is 5.69 Å². The van der Waals surface area contributed by atoms with E-state index in [2.05, 4.69) is 24.5 Å². The van der Waals surface area contributed by atoms with E-state index in [0.717, 1.165) is 17.1 Å². The SMILES string of the molecule is CC(C)CC(CN)NC(=O)c1ccc2c(c1)NC(=O)CCS2.Cl. The van der Waals surface area contributed by atoms with Crippen LogP contribution in [-0.4, -0.2) is 30.2 Å². The van der Waals surface area contributed by atoms with Crippen LogP contribution in [0, 0.1) is 5.92 Å². The van der Waals surface area contributed by atoms with Gasteiger partial charge in [-0.25, -0.2) is 0 Å². The minimum atomic E-state index is -0.151. The second-order valence-electron chi connectivity index (χ2n) is 5.89. The van der Waals surface area contributed by atoms with Crippen molar-refractivity contribution in [2.75, 3.05) is 17.6 Å². The van der Waals surface area contributed by atoms with Crippen LogP contribution in [0.15, 0.2) is 23.1 Å². The molecule has 4 N–H and O–H groups in total. The van der Waals surface area contributed by atoms with E-state index in [-0.39, 0.29) is 30.3 Å². The normalized spacial score (nSPS) is 15.0. The zero-order valence-corrected chi connectivity index (χ0v) is 15.1. The Morgan fingerprint density at radius 3 is 2.83 bits per heavy atom. The number of anilines is 1. The molecule has 0 fully saturated rings. The van der Waals surface area contributed by atoms with Crippen molar-refractivity contribution in [1.82, 2.24) is 5.32 Å². The lowest BCUT2D eigenvalue weighted by Gasteiger charge is -2.19. The van der Waals surface area contributed by atoms with Crippen LogP contribution < -0.4 is 16.4 Å². The first kappa shape index (κ1) is 19.8. The van der Waals surface area contributed by atoms with Gasteiger partial charge in [0.25, 0.3) is 5.91 Å². The predicted octanol–water partition coefficient (Wildman–Crippen LogP) is 2.65. The van der Waals surface area contributed by atoms with E-state index in [1.54, 1.807) is 23.9 Å². The summed E-state index contributed by atoms with van der Waals surface area (Å²) in [7, 11) is 0. The van der Waals surface area contributed by atoms with Gasteiger partial charge < -0.3 is 16.4 Å². The molecule has 2 rings (SSSR count). The topological polar surface area (TPSA) is 84.2 Å². The highest BCUT2D eigenvalue weighted by Gasteiger charge is 2.18. The largest absolute Gasteiger partial charge is 0.348 e. The van der Waals surface area contributed by atoms with E-state index in [0.29, 0.717) is 30.1 Å². The number of nitrogens with two attached hydrogens (primary N) is 1. The zero-order chi connectivity index (χ0) is 16.1. The maximum absolute atomic E-state index is 12.4. The second kappa shape index (κ2) is 9.15. The Morgan fingerprint density at radius 1 is 1.43 bits per heavy atom. The Kier molecular flexibility index (Phi) is 7.88. The van der Waals surface area contributed by atoms with Crippen molar-refractivity contribution in [3.63, 3.8) is 0 Å². The quantitative estimate of drug-likeness (QED) is 0.756. The summed E-state index contributed by atoms with van der Waals surface area (Å²) in [4.78, 5) is 25.0. The number of carbonyl (C=O) groups excluding carboxylic acids is 2. The summed E-state index contributed by atoms with van der Waals surface area (Å²) in [6, 6.07) is 5.39. The number of benzene rings is 1. The van der Waals surface area contributed by atoms with Crippen molar-refractivity contribution in [2.45, 2.75) is 37.6 Å². The van der Waals surface area contributed by atoms with Crippen LogP contribution in [-0.2, 0) is 4.79 Å². The van der Waals surface area contributed by atoms with Crippen LogP contribution in [0.25, 0.3) is 0 Å². The van der Waals surface area contributed by atoms with Crippen molar-refractivity contribution in [2.24, 2.45) is 11.7 Å². The Hall–Kier alpha value is -1.24. The molecular formula is C16H24ClN3O2S. The molecule has 2 amide bonds. The fourth-order valence-electron chi connectivity index (χ4n) is 2.41. The molecule has 0 aromatic heterocycles. The fraction of sp³-hybridized carbons (Fsp3) is 0.500. The van der Waals surface area contributed by atoms with Crippen LogP contribution in [0.1, 0.15) is 37.0 Å². The number of nitrogens with one attached hydrogen (secondary N) is 2. The van der Waals surface area contributed by atoms with Gasteiger partial charge in [-0.1, -0.05) is 13.8 Å². The summed E-state index contributed by atoms with van der Waals surface area (Å²) in [5, 5.41) is 5.82. The minimum absolute atomic E-state index is 0. The maximum Gasteiger partial charge on any atom is 0.251 e. The molecule has 0 saturated heterocycles. The van der Waals surface area contributed by atoms with E-state index in [9.17, 15) is 9.59 Å². The smallest absolute Gasteiger partial charge is 0.251 e. The van der Waals surface area contributed by atoms with Crippen molar-refractivity contribution in [3.05, 3.63) is 23.8 Å². The monoisotopic (exact) mass is 357 g/mol. The fourth-order valence-corrected chi connectivity index (χ4v) is 3.35. The average molecular weight is 358 g/mol. The molecule has 1 aromatic carbocycles. The van der Waals surface area contributed by atoms with Gasteiger partial charge in [0.1, 0.15) is 0 Å². The van der Waals surface area contributed by atoms with Crippen molar-refractivity contribution in [1.29, 1.82) is 0 Å². The van der Waals surface area contributed by atoms with Gasteiger partial charge in [0.05, 0.1) is 5.69 Å². The summed E-state index contributed by atoms with van der Waals surface area (Å²) >= 11 is 1.63. The molecule has 1 aromatic rings. The molecular weight excluding hydrogens is 334 g/mol. The zero-order valence-electron chi connectivity index (χ0n) is 13.4. The third-order valence-corrected chi connectivity index (χ3v) is 4.55. The first-order chi connectivity index (χ1) is 10.5. The molecule has 0 radical (unpaired) electrons. The van der Waals surface area contributed by atoms with Crippen molar-refractivity contribution < 1.29 is 9.59 Å². The molecule has 7 heteroatoms. The minimum Gasteiger partial charge on any atom is -0.348 e. The van der Waals surface area contributed by atoms with Gasteiger partial charge in [0, 0.05) is 35.2 Å². The molecule has 0 aliphatic carbocycles. The van der Waals surface area contributed by atoms with Gasteiger partial charge >= 0.3 is 0 Å². The number of amides is 2. The molecule has 0 saturated carbocycles. The van der Waals surface area contributed by atoms with Gasteiger partial charge in [-0.05, 0) is 30.5 Å². The van der Waals surface area contributed by atoms with Gasteiger partial charge in [-0.15, -0.1) is 24.2 Å². The van der Waals surface area contributed by atoms with Crippen molar-refractivity contribution >= 4 is 41.7 Å². The number of carbonyl (C=O) groups is 2. The first-order valence-corrected chi connectivity index (χ1v) is 8.55. The molecule has 128 valence electrons. The van der Waals surface area contributed by atoms with Gasteiger partial charge in [-0.2, -0.15) is 0 Å². The third-order valence-electron chi connectivity index (χ3n) is 3.48. The number of fused-ring (bicyclic) bond motifs is 1. The summed E-state index contributed by atoms with van der Waals surface area (Å²) in [6.45, 7) is 4.62. The molecule has 0 bridgehead atoms. The van der Waals surface area contributed by atoms with E-state index in [1.807, 2.05) is 6.07 Å². The van der Waals surface area contributed by atoms with Crippen LogP contribution in [0.5, 0.6) is 0 Å².